The Bertz CT molecular complexity index is 455. The molecule has 0 spiro atoms. The Labute approximate surface area is 133 Å². The van der Waals surface area contributed by atoms with Gasteiger partial charge in [-0.2, -0.15) is 0 Å². The van der Waals surface area contributed by atoms with E-state index in [9.17, 15) is 14.6 Å². The fourth-order valence-electron chi connectivity index (χ4n) is 7.20. The van der Waals surface area contributed by atoms with Crippen molar-refractivity contribution in [2.24, 2.45) is 34.5 Å². The molecular weight excluding hydrogens is 279 g/mol. The van der Waals surface area contributed by atoms with Crippen LogP contribution >= 0.6 is 0 Å². The zero-order valence-electron chi connectivity index (χ0n) is 14.0. The summed E-state index contributed by atoms with van der Waals surface area (Å²) in [5.74, 6) is 1.53. The van der Waals surface area contributed by atoms with Gasteiger partial charge in [-0.15, -0.1) is 0 Å². The highest BCUT2D eigenvalue weighted by molar-refractivity contribution is 5.12. The van der Waals surface area contributed by atoms with E-state index < -0.39 is 12.3 Å². The third kappa shape index (κ3) is 1.84. The summed E-state index contributed by atoms with van der Waals surface area (Å²) in [5.41, 5.74) is 0.0161. The van der Waals surface area contributed by atoms with Gasteiger partial charge in [0.1, 0.15) is 6.17 Å². The molecule has 4 aliphatic rings. The molecule has 0 aromatic heterocycles. The summed E-state index contributed by atoms with van der Waals surface area (Å²) in [7, 11) is 0. The van der Waals surface area contributed by atoms with E-state index in [1.165, 1.54) is 25.7 Å². The summed E-state index contributed by atoms with van der Waals surface area (Å²) in [5, 5.41) is 21.3. The Balaban J connectivity index is 1.70. The first kappa shape index (κ1) is 15.4. The van der Waals surface area contributed by atoms with Gasteiger partial charge in [0.25, 0.3) is 0 Å². The molecule has 0 radical (unpaired) electrons. The molecule has 0 bridgehead atoms. The van der Waals surface area contributed by atoms with Crippen molar-refractivity contribution in [2.45, 2.75) is 83.6 Å². The van der Waals surface area contributed by atoms with Crippen molar-refractivity contribution in [3.05, 3.63) is 0 Å². The Morgan fingerprint density at radius 2 is 1.68 bits per heavy atom. The Hall–Kier alpha value is -0.150. The van der Waals surface area contributed by atoms with Crippen LogP contribution in [0.15, 0.2) is 0 Å². The van der Waals surface area contributed by atoms with Gasteiger partial charge in [0.05, 0.1) is 12.2 Å². The molecule has 3 heteroatoms. The van der Waals surface area contributed by atoms with Crippen molar-refractivity contribution in [1.29, 1.82) is 0 Å². The van der Waals surface area contributed by atoms with E-state index in [1.54, 1.807) is 0 Å². The predicted octanol–water partition coefficient (Wildman–Crippen LogP) is 3.70. The van der Waals surface area contributed by atoms with Crippen molar-refractivity contribution < 1.29 is 14.6 Å². The minimum atomic E-state index is -1.10. The largest absolute Gasteiger partial charge is 0.393 e. The summed E-state index contributed by atoms with van der Waals surface area (Å²) in [6, 6.07) is 0. The van der Waals surface area contributed by atoms with Crippen LogP contribution in [-0.2, 0) is 0 Å². The first-order chi connectivity index (χ1) is 10.4. The highest BCUT2D eigenvalue weighted by atomic mass is 19.1. The quantitative estimate of drug-likeness (QED) is 0.716. The topological polar surface area (TPSA) is 40.5 Å². The highest BCUT2D eigenvalue weighted by Crippen LogP contribution is 2.66. The van der Waals surface area contributed by atoms with Crippen molar-refractivity contribution in [3.8, 4) is 0 Å². The Morgan fingerprint density at radius 3 is 2.45 bits per heavy atom. The van der Waals surface area contributed by atoms with Crippen LogP contribution in [0.3, 0.4) is 0 Å². The summed E-state index contributed by atoms with van der Waals surface area (Å²) in [6.07, 6.45) is 6.27. The summed E-state index contributed by atoms with van der Waals surface area (Å²) in [4.78, 5) is 0. The lowest BCUT2D eigenvalue weighted by Crippen LogP contribution is -2.58. The monoisotopic (exact) mass is 310 g/mol. The van der Waals surface area contributed by atoms with Gasteiger partial charge in [0.15, 0.2) is 0 Å². The van der Waals surface area contributed by atoms with E-state index in [4.69, 9.17) is 0 Å². The van der Waals surface area contributed by atoms with Crippen molar-refractivity contribution in [2.75, 3.05) is 0 Å². The second kappa shape index (κ2) is 4.92. The predicted molar refractivity (Wildman–Crippen MR) is 84.0 cm³/mol. The molecule has 0 aromatic carbocycles. The van der Waals surface area contributed by atoms with Gasteiger partial charge >= 0.3 is 0 Å². The van der Waals surface area contributed by atoms with E-state index in [0.29, 0.717) is 23.7 Å². The molecule has 4 aliphatic carbocycles. The molecule has 0 aliphatic heterocycles. The molecule has 2 N–H and O–H groups in total. The van der Waals surface area contributed by atoms with Crippen molar-refractivity contribution in [1.82, 2.24) is 0 Å². The van der Waals surface area contributed by atoms with E-state index in [2.05, 4.69) is 13.8 Å². The maximum absolute atomic E-state index is 14.2. The van der Waals surface area contributed by atoms with Gasteiger partial charge in [0, 0.05) is 0 Å². The maximum atomic E-state index is 14.2. The van der Waals surface area contributed by atoms with E-state index in [1.807, 2.05) is 0 Å². The van der Waals surface area contributed by atoms with Crippen molar-refractivity contribution in [3.63, 3.8) is 0 Å². The lowest BCUT2D eigenvalue weighted by Gasteiger charge is -2.61. The minimum Gasteiger partial charge on any atom is -0.393 e. The number of aliphatic hydroxyl groups is 2. The minimum absolute atomic E-state index is 0.158. The van der Waals surface area contributed by atoms with Gasteiger partial charge in [-0.1, -0.05) is 26.7 Å². The maximum Gasteiger partial charge on any atom is 0.127 e. The number of hydrogen-bond donors (Lipinski definition) is 2. The Morgan fingerprint density at radius 1 is 0.909 bits per heavy atom. The number of aliphatic hydroxyl groups excluding tert-OH is 2. The zero-order valence-corrected chi connectivity index (χ0v) is 14.0. The molecule has 9 atom stereocenters. The molecule has 0 amide bonds. The molecule has 4 fully saturated rings. The summed E-state index contributed by atoms with van der Waals surface area (Å²) in [6.45, 7) is 4.52. The number of halogens is 1. The molecule has 0 heterocycles. The van der Waals surface area contributed by atoms with Crippen LogP contribution in [0.1, 0.15) is 65.2 Å². The molecule has 126 valence electrons. The first-order valence-electron chi connectivity index (χ1n) is 9.38. The lowest BCUT2D eigenvalue weighted by atomic mass is 9.44. The summed E-state index contributed by atoms with van der Waals surface area (Å²) >= 11 is 0. The van der Waals surface area contributed by atoms with Gasteiger partial charge in [-0.25, -0.2) is 4.39 Å². The van der Waals surface area contributed by atoms with Crippen LogP contribution in [0.5, 0.6) is 0 Å². The summed E-state index contributed by atoms with van der Waals surface area (Å²) < 4.78 is 14.2. The second-order valence-electron chi connectivity index (χ2n) is 9.28. The van der Waals surface area contributed by atoms with Crippen molar-refractivity contribution >= 4 is 0 Å². The zero-order chi connectivity index (χ0) is 15.7. The number of fused-ring (bicyclic) bond motifs is 5. The van der Waals surface area contributed by atoms with Gasteiger partial charge in [-0.05, 0) is 73.0 Å². The molecular formula is C19H31FO2. The molecule has 22 heavy (non-hydrogen) atoms. The molecule has 1 unspecified atom stereocenters. The number of alkyl halides is 1. The SMILES string of the molecule is C[C@]12CC[C@H]3[C@@H]([C@H](O)CC4CCCC[C@@]43C)[C@@H]1C[C@@H](F)[C@@H]2O. The lowest BCUT2D eigenvalue weighted by molar-refractivity contribution is -0.168. The average molecular weight is 310 g/mol. The standard InChI is InChI=1S/C19H31FO2/c1-18-7-4-3-5-11(18)9-15(21)16-12(18)6-8-19(2)13(16)10-14(20)17(19)22/h11-17,21-22H,3-10H2,1-2H3/t11?,12-,13-,14+,15+,16+,17-,18-,19-/m0/s1. The fourth-order valence-corrected chi connectivity index (χ4v) is 7.20. The van der Waals surface area contributed by atoms with E-state index in [-0.39, 0.29) is 23.4 Å². The Kier molecular flexibility index (Phi) is 3.44. The molecule has 0 saturated heterocycles. The first-order valence-corrected chi connectivity index (χ1v) is 9.38. The molecule has 2 nitrogen and oxygen atoms in total. The van der Waals surface area contributed by atoms with Crippen LogP contribution in [0.25, 0.3) is 0 Å². The highest BCUT2D eigenvalue weighted by Gasteiger charge is 2.64. The van der Waals surface area contributed by atoms with Gasteiger partial charge in [-0.3, -0.25) is 0 Å². The molecule has 4 rings (SSSR count). The van der Waals surface area contributed by atoms with Crippen LogP contribution in [-0.4, -0.2) is 28.6 Å². The van der Waals surface area contributed by atoms with Gasteiger partial charge < -0.3 is 10.2 Å². The van der Waals surface area contributed by atoms with Crippen LogP contribution in [0, 0.1) is 34.5 Å². The average Bonchev–Trinajstić information content (AvgIpc) is 2.71. The third-order valence-corrected chi connectivity index (χ3v) is 8.54. The van der Waals surface area contributed by atoms with E-state index in [0.717, 1.165) is 19.3 Å². The molecule has 0 aromatic rings. The van der Waals surface area contributed by atoms with Crippen LogP contribution in [0.4, 0.5) is 4.39 Å². The third-order valence-electron chi connectivity index (χ3n) is 8.54. The van der Waals surface area contributed by atoms with Crippen LogP contribution < -0.4 is 0 Å². The van der Waals surface area contributed by atoms with Gasteiger partial charge in [0.2, 0.25) is 0 Å². The molecule has 4 saturated carbocycles. The van der Waals surface area contributed by atoms with E-state index >= 15 is 0 Å². The number of rotatable bonds is 0. The normalized spacial score (nSPS) is 61.2. The smallest absolute Gasteiger partial charge is 0.127 e. The second-order valence-corrected chi connectivity index (χ2v) is 9.28. The number of hydrogen-bond acceptors (Lipinski definition) is 2. The van der Waals surface area contributed by atoms with Crippen LogP contribution in [0.2, 0.25) is 0 Å². The fraction of sp³-hybridized carbons (Fsp3) is 1.00.